The summed E-state index contributed by atoms with van der Waals surface area (Å²) in [4.78, 5) is 0. The van der Waals surface area contributed by atoms with Crippen LogP contribution in [0.4, 0.5) is 4.39 Å². The maximum absolute atomic E-state index is 12.9. The Balaban J connectivity index is 2.94. The molecule has 0 atom stereocenters. The molecule has 0 spiro atoms. The average Bonchev–Trinajstić information content (AvgIpc) is 2.03. The fourth-order valence-corrected chi connectivity index (χ4v) is 1.35. The fourth-order valence-electron chi connectivity index (χ4n) is 1.35. The van der Waals surface area contributed by atoms with E-state index in [1.165, 1.54) is 6.07 Å². The summed E-state index contributed by atoms with van der Waals surface area (Å²) in [5, 5.41) is 0. The molecule has 0 saturated carbocycles. The van der Waals surface area contributed by atoms with Crippen molar-refractivity contribution in [1.29, 1.82) is 0 Å². The molecule has 1 rings (SSSR count). The number of rotatable bonds is 3. The highest BCUT2D eigenvalue weighted by molar-refractivity contribution is 6.55. The van der Waals surface area contributed by atoms with Gasteiger partial charge in [0, 0.05) is 0 Å². The van der Waals surface area contributed by atoms with Crippen molar-refractivity contribution in [1.82, 2.24) is 0 Å². The van der Waals surface area contributed by atoms with Gasteiger partial charge in [0.15, 0.2) is 7.28 Å². The van der Waals surface area contributed by atoms with Crippen LogP contribution < -0.4 is 10.2 Å². The standard InChI is InChI=1S/C10H14BFO/c1-7(2)11-9-6-8(12)4-5-10(9)13-3/h4-7,11H,1-3H3. The van der Waals surface area contributed by atoms with Gasteiger partial charge in [-0.05, 0) is 23.7 Å². The van der Waals surface area contributed by atoms with Gasteiger partial charge in [-0.1, -0.05) is 19.7 Å². The summed E-state index contributed by atoms with van der Waals surface area (Å²) in [5.41, 5.74) is 0.942. The average molecular weight is 180 g/mol. The monoisotopic (exact) mass is 180 g/mol. The zero-order valence-electron chi connectivity index (χ0n) is 8.30. The molecule has 0 unspecified atom stereocenters. The Labute approximate surface area is 79.2 Å². The lowest BCUT2D eigenvalue weighted by molar-refractivity contribution is 0.417. The Kier molecular flexibility index (Phi) is 3.35. The second-order valence-corrected chi connectivity index (χ2v) is 3.55. The predicted molar refractivity (Wildman–Crippen MR) is 54.8 cm³/mol. The van der Waals surface area contributed by atoms with Crippen LogP contribution in [0.2, 0.25) is 5.82 Å². The normalized spacial score (nSPS) is 10.2. The van der Waals surface area contributed by atoms with Crippen LogP contribution in [0.15, 0.2) is 18.2 Å². The smallest absolute Gasteiger partial charge is 0.165 e. The van der Waals surface area contributed by atoms with Crippen LogP contribution in [0, 0.1) is 5.82 Å². The van der Waals surface area contributed by atoms with E-state index >= 15 is 0 Å². The summed E-state index contributed by atoms with van der Waals surface area (Å²) in [7, 11) is 2.46. The third-order valence-electron chi connectivity index (χ3n) is 1.87. The molecule has 1 nitrogen and oxygen atoms in total. The van der Waals surface area contributed by atoms with Crippen LogP contribution in [0.5, 0.6) is 5.75 Å². The third kappa shape index (κ3) is 2.76. The lowest BCUT2D eigenvalue weighted by Gasteiger charge is -2.08. The molecule has 0 fully saturated rings. The van der Waals surface area contributed by atoms with Gasteiger partial charge in [0.05, 0.1) is 7.11 Å². The molecule has 1 aromatic carbocycles. The van der Waals surface area contributed by atoms with Gasteiger partial charge in [-0.25, -0.2) is 4.39 Å². The first-order chi connectivity index (χ1) is 6.13. The zero-order chi connectivity index (χ0) is 9.84. The highest BCUT2D eigenvalue weighted by atomic mass is 19.1. The van der Waals surface area contributed by atoms with Gasteiger partial charge in [-0.15, -0.1) is 0 Å². The summed E-state index contributed by atoms with van der Waals surface area (Å²) in [5.74, 6) is 1.09. The van der Waals surface area contributed by atoms with Crippen molar-refractivity contribution in [2.75, 3.05) is 7.11 Å². The van der Waals surface area contributed by atoms with Gasteiger partial charge in [0.1, 0.15) is 11.6 Å². The number of ether oxygens (including phenoxy) is 1. The number of hydrogen-bond donors (Lipinski definition) is 0. The van der Waals surface area contributed by atoms with Gasteiger partial charge < -0.3 is 4.74 Å². The Morgan fingerprint density at radius 1 is 1.38 bits per heavy atom. The highest BCUT2D eigenvalue weighted by Gasteiger charge is 2.07. The Bertz CT molecular complexity index is 286. The summed E-state index contributed by atoms with van der Waals surface area (Å²) in [6, 6.07) is 4.63. The van der Waals surface area contributed by atoms with Crippen molar-refractivity contribution >= 4 is 12.7 Å². The second-order valence-electron chi connectivity index (χ2n) is 3.55. The van der Waals surface area contributed by atoms with Crippen molar-refractivity contribution in [2.45, 2.75) is 19.7 Å². The van der Waals surface area contributed by atoms with Crippen LogP contribution >= 0.6 is 0 Å². The van der Waals surface area contributed by atoms with Gasteiger partial charge in [0.2, 0.25) is 0 Å². The molecule has 0 bridgehead atoms. The first-order valence-corrected chi connectivity index (χ1v) is 4.46. The minimum atomic E-state index is -0.198. The summed E-state index contributed by atoms with van der Waals surface area (Å²) in [6.45, 7) is 4.20. The fraction of sp³-hybridized carbons (Fsp3) is 0.400. The van der Waals surface area contributed by atoms with E-state index in [2.05, 4.69) is 13.8 Å². The van der Waals surface area contributed by atoms with Crippen LogP contribution in [0.1, 0.15) is 13.8 Å². The summed E-state index contributed by atoms with van der Waals surface area (Å²) < 4.78 is 18.0. The highest BCUT2D eigenvalue weighted by Crippen LogP contribution is 2.10. The molecule has 0 heterocycles. The lowest BCUT2D eigenvalue weighted by atomic mass is 9.60. The predicted octanol–water partition coefficient (Wildman–Crippen LogP) is 1.72. The molecule has 70 valence electrons. The van der Waals surface area contributed by atoms with Crippen LogP contribution in [0.3, 0.4) is 0 Å². The molecule has 0 aliphatic rings. The second kappa shape index (κ2) is 4.31. The Hall–Kier alpha value is -0.985. The van der Waals surface area contributed by atoms with E-state index in [4.69, 9.17) is 4.74 Å². The molecule has 0 aliphatic carbocycles. The zero-order valence-corrected chi connectivity index (χ0v) is 8.30. The summed E-state index contributed by atoms with van der Waals surface area (Å²) >= 11 is 0. The van der Waals surface area contributed by atoms with Crippen molar-refractivity contribution < 1.29 is 9.13 Å². The first-order valence-electron chi connectivity index (χ1n) is 4.46. The molecule has 0 aliphatic heterocycles. The molecule has 3 heteroatoms. The quantitative estimate of drug-likeness (QED) is 0.643. The van der Waals surface area contributed by atoms with Crippen molar-refractivity contribution in [3.63, 3.8) is 0 Å². The van der Waals surface area contributed by atoms with Crippen LogP contribution in [0.25, 0.3) is 0 Å². The van der Waals surface area contributed by atoms with Gasteiger partial charge in [0.25, 0.3) is 0 Å². The van der Waals surface area contributed by atoms with E-state index in [-0.39, 0.29) is 5.82 Å². The van der Waals surface area contributed by atoms with E-state index in [0.29, 0.717) is 5.82 Å². The molecule has 0 N–H and O–H groups in total. The number of hydrogen-bond acceptors (Lipinski definition) is 1. The lowest BCUT2D eigenvalue weighted by Crippen LogP contribution is -2.19. The molecular formula is C10H14BFO. The SMILES string of the molecule is COc1ccc(F)cc1BC(C)C. The minimum Gasteiger partial charge on any atom is -0.497 e. The maximum Gasteiger partial charge on any atom is 0.165 e. The third-order valence-corrected chi connectivity index (χ3v) is 1.87. The van der Waals surface area contributed by atoms with E-state index in [1.807, 2.05) is 0 Å². The molecule has 1 aromatic rings. The summed E-state index contributed by atoms with van der Waals surface area (Å²) in [6.07, 6.45) is 0. The molecule has 0 radical (unpaired) electrons. The molecule has 0 saturated heterocycles. The van der Waals surface area contributed by atoms with Crippen molar-refractivity contribution in [3.05, 3.63) is 24.0 Å². The van der Waals surface area contributed by atoms with Crippen molar-refractivity contribution in [3.8, 4) is 5.75 Å². The minimum absolute atomic E-state index is 0.198. The molecule has 0 aromatic heterocycles. The van der Waals surface area contributed by atoms with E-state index in [0.717, 1.165) is 18.5 Å². The van der Waals surface area contributed by atoms with E-state index < -0.39 is 0 Å². The van der Waals surface area contributed by atoms with Crippen molar-refractivity contribution in [2.24, 2.45) is 0 Å². The van der Waals surface area contributed by atoms with Crippen LogP contribution in [-0.2, 0) is 0 Å². The molecule has 0 amide bonds. The Morgan fingerprint density at radius 3 is 2.62 bits per heavy atom. The Morgan fingerprint density at radius 2 is 2.08 bits per heavy atom. The van der Waals surface area contributed by atoms with Gasteiger partial charge in [-0.3, -0.25) is 0 Å². The first kappa shape index (κ1) is 10.1. The topological polar surface area (TPSA) is 9.23 Å². The van der Waals surface area contributed by atoms with Gasteiger partial charge >= 0.3 is 0 Å². The molecular weight excluding hydrogens is 166 g/mol. The van der Waals surface area contributed by atoms with Gasteiger partial charge in [-0.2, -0.15) is 0 Å². The van der Waals surface area contributed by atoms with E-state index in [9.17, 15) is 4.39 Å². The maximum atomic E-state index is 12.9. The number of methoxy groups -OCH3 is 1. The molecule has 13 heavy (non-hydrogen) atoms. The number of benzene rings is 1. The number of halogens is 1. The van der Waals surface area contributed by atoms with E-state index in [1.54, 1.807) is 19.2 Å². The largest absolute Gasteiger partial charge is 0.497 e. The van der Waals surface area contributed by atoms with Crippen LogP contribution in [-0.4, -0.2) is 14.4 Å².